The molecule has 2 aromatic rings. The maximum absolute atomic E-state index is 13.3. The Bertz CT molecular complexity index is 1450. The van der Waals surface area contributed by atoms with Crippen molar-refractivity contribution in [1.82, 2.24) is 4.72 Å². The highest BCUT2D eigenvalue weighted by Gasteiger charge is 2.55. The molecule has 2 aromatic carbocycles. The average Bonchev–Trinajstić information content (AvgIpc) is 3.69. The number of nitrogens with zero attached hydrogens (tertiary/aromatic N) is 1. The van der Waals surface area contributed by atoms with Gasteiger partial charge in [-0.2, -0.15) is 0 Å². The van der Waals surface area contributed by atoms with E-state index in [1.807, 2.05) is 25.1 Å². The summed E-state index contributed by atoms with van der Waals surface area (Å²) in [6.45, 7) is 6.31. The van der Waals surface area contributed by atoms with Crippen LogP contribution >= 0.6 is 11.6 Å². The Morgan fingerprint density at radius 1 is 1.07 bits per heavy atom. The van der Waals surface area contributed by atoms with E-state index in [1.54, 1.807) is 25.1 Å². The van der Waals surface area contributed by atoms with Crippen molar-refractivity contribution in [3.05, 3.63) is 70.3 Å². The first-order valence-electron chi connectivity index (χ1n) is 14.8. The third-order valence-electron chi connectivity index (χ3n) is 9.65. The number of halogens is 1. The first kappa shape index (κ1) is 28.6. The summed E-state index contributed by atoms with van der Waals surface area (Å²) in [5.74, 6) is 0.785. The molecule has 2 fully saturated rings. The number of ether oxygens (including phenoxy) is 2. The molecule has 1 saturated heterocycles. The Morgan fingerprint density at radius 2 is 1.90 bits per heavy atom. The van der Waals surface area contributed by atoms with E-state index >= 15 is 0 Å². The van der Waals surface area contributed by atoms with Crippen molar-refractivity contribution in [3.8, 4) is 5.75 Å². The van der Waals surface area contributed by atoms with Crippen molar-refractivity contribution in [1.29, 1.82) is 0 Å². The Morgan fingerprint density at radius 3 is 2.66 bits per heavy atom. The lowest BCUT2D eigenvalue weighted by molar-refractivity contribution is 0.0980. The zero-order chi connectivity index (χ0) is 28.8. The van der Waals surface area contributed by atoms with Crippen LogP contribution in [0.15, 0.2) is 48.6 Å². The third kappa shape index (κ3) is 5.88. The van der Waals surface area contributed by atoms with Crippen LogP contribution in [-0.4, -0.2) is 44.9 Å². The van der Waals surface area contributed by atoms with Gasteiger partial charge < -0.3 is 14.4 Å². The molecule has 7 nitrogen and oxygen atoms in total. The number of benzene rings is 2. The first-order valence-corrected chi connectivity index (χ1v) is 16.7. The lowest BCUT2D eigenvalue weighted by atomic mass is 9.66. The van der Waals surface area contributed by atoms with Crippen LogP contribution in [0, 0.1) is 17.8 Å². The largest absolute Gasteiger partial charge is 0.487 e. The predicted molar refractivity (Wildman–Crippen MR) is 161 cm³/mol. The summed E-state index contributed by atoms with van der Waals surface area (Å²) in [4.78, 5) is 15.7. The summed E-state index contributed by atoms with van der Waals surface area (Å²) in [5, 5.41) is -0.00879. The van der Waals surface area contributed by atoms with E-state index in [0.29, 0.717) is 42.8 Å². The minimum absolute atomic E-state index is 0.161. The Kier molecular flexibility index (Phi) is 7.85. The van der Waals surface area contributed by atoms with Crippen LogP contribution in [0.25, 0.3) is 0 Å². The number of allylic oxidation sites excluding steroid dienone is 1. The van der Waals surface area contributed by atoms with Crippen molar-refractivity contribution in [3.63, 3.8) is 0 Å². The molecule has 0 radical (unpaired) electrons. The summed E-state index contributed by atoms with van der Waals surface area (Å²) in [5.41, 5.74) is 3.18. The topological polar surface area (TPSA) is 88.2 Å². The third-order valence-corrected chi connectivity index (χ3v) is 11.8. The zero-order valence-corrected chi connectivity index (χ0v) is 25.3. The summed E-state index contributed by atoms with van der Waals surface area (Å²) < 4.78 is 41.2. The van der Waals surface area contributed by atoms with Gasteiger partial charge in [0.1, 0.15) is 18.0 Å². The fraction of sp³-hybridized carbons (Fsp3) is 0.531. The molecule has 0 aromatic heterocycles. The van der Waals surface area contributed by atoms with Crippen molar-refractivity contribution in [2.75, 3.05) is 24.6 Å². The van der Waals surface area contributed by atoms with Gasteiger partial charge in [0.15, 0.2) is 0 Å². The van der Waals surface area contributed by atoms with E-state index in [0.717, 1.165) is 61.5 Å². The van der Waals surface area contributed by atoms with Crippen LogP contribution in [-0.2, 0) is 27.8 Å². The number of rotatable bonds is 0. The summed E-state index contributed by atoms with van der Waals surface area (Å²) >= 11 is 6.32. The van der Waals surface area contributed by atoms with Gasteiger partial charge in [0, 0.05) is 23.7 Å². The van der Waals surface area contributed by atoms with Gasteiger partial charge in [-0.3, -0.25) is 4.79 Å². The van der Waals surface area contributed by atoms with Crippen LogP contribution in [0.5, 0.6) is 5.75 Å². The molecule has 1 saturated carbocycles. The molecule has 6 rings (SSSR count). The molecule has 1 N–H and O–H groups in total. The molecule has 1 spiro atoms. The molecular formula is C32H39ClN2O5S. The quantitative estimate of drug-likeness (QED) is 0.300. The highest BCUT2D eigenvalue weighted by molar-refractivity contribution is 7.90. The number of hydrogen-bond acceptors (Lipinski definition) is 6. The SMILES string of the molecule is C[C@@H]1[C@@H](C)C/C=C/[C@]2(CO2)[C@@H]2CC[C@H]2CN2CCCCc3cc(Cl)ccc3COc3ccc(cc32)C(=O)NS1(=O)=O. The first-order chi connectivity index (χ1) is 19.6. The molecule has 1 amide bonds. The average molecular weight is 599 g/mol. The smallest absolute Gasteiger partial charge is 0.264 e. The van der Waals surface area contributed by atoms with E-state index < -0.39 is 21.2 Å². The number of fused-ring (bicyclic) bond motifs is 4. The minimum Gasteiger partial charge on any atom is -0.487 e. The van der Waals surface area contributed by atoms with Crippen LogP contribution in [0.1, 0.15) is 67.4 Å². The van der Waals surface area contributed by atoms with Crippen LogP contribution in [0.3, 0.4) is 0 Å². The van der Waals surface area contributed by atoms with Gasteiger partial charge in [-0.25, -0.2) is 13.1 Å². The highest BCUT2D eigenvalue weighted by atomic mass is 35.5. The second kappa shape index (κ2) is 11.3. The van der Waals surface area contributed by atoms with E-state index in [2.05, 4.69) is 21.8 Å². The van der Waals surface area contributed by atoms with Gasteiger partial charge in [-0.15, -0.1) is 0 Å². The van der Waals surface area contributed by atoms with Gasteiger partial charge in [-0.05, 0) is 105 Å². The molecule has 3 aliphatic heterocycles. The number of aryl methyl sites for hydroxylation is 1. The number of sulfonamides is 1. The fourth-order valence-electron chi connectivity index (χ4n) is 6.57. The van der Waals surface area contributed by atoms with Crippen molar-refractivity contribution < 1.29 is 22.7 Å². The Balaban J connectivity index is 1.39. The second-order valence-corrected chi connectivity index (χ2v) is 14.7. The zero-order valence-electron chi connectivity index (χ0n) is 23.8. The molecule has 9 heteroatoms. The normalized spacial score (nSPS) is 32.3. The highest BCUT2D eigenvalue weighted by Crippen LogP contribution is 2.51. The lowest BCUT2D eigenvalue weighted by Gasteiger charge is -2.43. The number of anilines is 1. The fourth-order valence-corrected chi connectivity index (χ4v) is 8.05. The molecule has 2 bridgehead atoms. The molecule has 4 aliphatic rings. The number of carbonyl (C=O) groups is 1. The molecule has 220 valence electrons. The van der Waals surface area contributed by atoms with Gasteiger partial charge >= 0.3 is 0 Å². The van der Waals surface area contributed by atoms with E-state index in [4.69, 9.17) is 21.1 Å². The maximum atomic E-state index is 13.3. The van der Waals surface area contributed by atoms with Gasteiger partial charge in [-0.1, -0.05) is 36.7 Å². The molecule has 5 atom stereocenters. The van der Waals surface area contributed by atoms with Crippen molar-refractivity contribution in [2.45, 2.75) is 69.8 Å². The summed E-state index contributed by atoms with van der Waals surface area (Å²) in [6, 6.07) is 11.2. The van der Waals surface area contributed by atoms with E-state index in [-0.39, 0.29) is 11.5 Å². The molecule has 1 aliphatic carbocycles. The van der Waals surface area contributed by atoms with E-state index in [1.165, 1.54) is 5.56 Å². The molecule has 0 unspecified atom stereocenters. The van der Waals surface area contributed by atoms with Crippen molar-refractivity contribution in [2.24, 2.45) is 17.8 Å². The molecular weight excluding hydrogens is 560 g/mol. The Labute approximate surface area is 248 Å². The standard InChI is InChI=1S/C32H39ClN2O5S/c1-21-6-5-14-32(20-40-32)28-12-9-25(28)18-35-15-4-3-7-23-16-27(33)11-8-26(23)19-39-30-13-10-24(17-29(30)35)31(36)34-41(37,38)22(21)2/h5,8,10-11,13-14,16-17,21-22,25,28H,3-4,6-7,9,12,15,18-20H2,1-2H3,(H,34,36)/b14-5+/t21-,22+,25-,28+,32-/m0/s1. The summed E-state index contributed by atoms with van der Waals surface area (Å²) in [6.07, 6.45) is 9.99. The number of amides is 1. The Hall–Kier alpha value is -2.55. The van der Waals surface area contributed by atoms with Gasteiger partial charge in [0.2, 0.25) is 10.0 Å². The molecule has 3 heterocycles. The van der Waals surface area contributed by atoms with Crippen LogP contribution in [0.4, 0.5) is 5.69 Å². The predicted octanol–water partition coefficient (Wildman–Crippen LogP) is 5.90. The number of nitrogens with one attached hydrogen (secondary N) is 1. The maximum Gasteiger partial charge on any atom is 0.264 e. The number of epoxide rings is 1. The minimum atomic E-state index is -3.88. The lowest BCUT2D eigenvalue weighted by Crippen LogP contribution is -2.45. The second-order valence-electron chi connectivity index (χ2n) is 12.3. The van der Waals surface area contributed by atoms with Crippen LogP contribution in [0.2, 0.25) is 5.02 Å². The van der Waals surface area contributed by atoms with Gasteiger partial charge in [0.25, 0.3) is 5.91 Å². The van der Waals surface area contributed by atoms with Crippen LogP contribution < -0.4 is 14.4 Å². The van der Waals surface area contributed by atoms with Crippen molar-refractivity contribution >= 4 is 33.2 Å². The van der Waals surface area contributed by atoms with Gasteiger partial charge in [0.05, 0.1) is 17.5 Å². The van der Waals surface area contributed by atoms with E-state index in [9.17, 15) is 13.2 Å². The number of carbonyl (C=O) groups excluding carboxylic acids is 1. The summed E-state index contributed by atoms with van der Waals surface area (Å²) in [7, 11) is -3.88. The molecule has 41 heavy (non-hydrogen) atoms. The monoisotopic (exact) mass is 598 g/mol. The number of hydrogen-bond donors (Lipinski definition) is 1.